The highest BCUT2D eigenvalue weighted by atomic mass is 32.1. The molecular weight excluding hydrogens is 344 g/mol. The molecule has 3 heterocycles. The Morgan fingerprint density at radius 1 is 1.20 bits per heavy atom. The lowest BCUT2D eigenvalue weighted by molar-refractivity contribution is -0.160. The van der Waals surface area contributed by atoms with Crippen LogP contribution in [0.2, 0.25) is 0 Å². The van der Waals surface area contributed by atoms with Crippen LogP contribution in [0.5, 0.6) is 0 Å². The number of nitrogens with zero attached hydrogens (tertiary/aromatic N) is 4. The number of carboxylic acid groups (broad SMARTS) is 1. The molecule has 0 unspecified atom stereocenters. The van der Waals surface area contributed by atoms with E-state index in [-0.39, 0.29) is 18.7 Å². The smallest absolute Gasteiger partial charge is 0.312 e. The van der Waals surface area contributed by atoms with Gasteiger partial charge in [-0.05, 0) is 37.1 Å². The van der Waals surface area contributed by atoms with Gasteiger partial charge in [0.25, 0.3) is 5.91 Å². The molecule has 0 radical (unpaired) electrons. The summed E-state index contributed by atoms with van der Waals surface area (Å²) in [5.41, 5.74) is -1.56. The van der Waals surface area contributed by atoms with Crippen molar-refractivity contribution >= 4 is 23.2 Å². The molecule has 0 spiro atoms. The topological polar surface area (TPSA) is 109 Å². The lowest BCUT2D eigenvalue weighted by Gasteiger charge is -2.41. The number of carbonyl (C=O) groups excluding carboxylic acids is 1. The van der Waals surface area contributed by atoms with Crippen LogP contribution in [0, 0.1) is 5.41 Å². The molecule has 2 aromatic rings. The van der Waals surface area contributed by atoms with Crippen LogP contribution in [0.3, 0.4) is 0 Å². The summed E-state index contributed by atoms with van der Waals surface area (Å²) in [7, 11) is 0. The van der Waals surface area contributed by atoms with E-state index in [2.05, 4.69) is 10.3 Å². The van der Waals surface area contributed by atoms with Gasteiger partial charge in [0.15, 0.2) is 0 Å². The maximum absolute atomic E-state index is 12.9. The first-order valence-electron chi connectivity index (χ1n) is 8.16. The molecule has 2 N–H and O–H groups in total. The SMILES string of the molecule is O=C(c1sccc1-n1ccnn1)N1CCC(O)(C2(C(=O)O)CC2)CC1. The van der Waals surface area contributed by atoms with E-state index < -0.39 is 17.0 Å². The van der Waals surface area contributed by atoms with Crippen LogP contribution < -0.4 is 0 Å². The molecule has 8 nitrogen and oxygen atoms in total. The van der Waals surface area contributed by atoms with E-state index in [1.165, 1.54) is 11.3 Å². The first-order valence-corrected chi connectivity index (χ1v) is 9.04. The highest BCUT2D eigenvalue weighted by molar-refractivity contribution is 7.12. The first-order chi connectivity index (χ1) is 12.0. The molecular formula is C16H18N4O4S. The molecule has 2 fully saturated rings. The summed E-state index contributed by atoms with van der Waals surface area (Å²) in [5, 5.41) is 29.8. The minimum Gasteiger partial charge on any atom is -0.481 e. The lowest BCUT2D eigenvalue weighted by atomic mass is 9.76. The van der Waals surface area contributed by atoms with Crippen LogP contribution in [0.4, 0.5) is 0 Å². The first kappa shape index (κ1) is 16.2. The molecule has 1 saturated carbocycles. The van der Waals surface area contributed by atoms with Gasteiger partial charge in [0.05, 0.1) is 29.1 Å². The zero-order valence-electron chi connectivity index (χ0n) is 13.5. The van der Waals surface area contributed by atoms with Gasteiger partial charge < -0.3 is 15.1 Å². The number of hydrogen-bond acceptors (Lipinski definition) is 6. The Hall–Kier alpha value is -2.26. The Balaban J connectivity index is 1.50. The Morgan fingerprint density at radius 3 is 2.48 bits per heavy atom. The van der Waals surface area contributed by atoms with Gasteiger partial charge in [-0.3, -0.25) is 9.59 Å². The number of carboxylic acids is 1. The number of thiophene rings is 1. The monoisotopic (exact) mass is 362 g/mol. The minimum absolute atomic E-state index is 0.122. The Kier molecular flexibility index (Phi) is 3.66. The van der Waals surface area contributed by atoms with E-state index in [0.29, 0.717) is 36.5 Å². The van der Waals surface area contributed by atoms with E-state index >= 15 is 0 Å². The predicted molar refractivity (Wildman–Crippen MR) is 88.6 cm³/mol. The average molecular weight is 362 g/mol. The number of amides is 1. The van der Waals surface area contributed by atoms with E-state index in [1.54, 1.807) is 22.0 Å². The molecule has 9 heteroatoms. The van der Waals surface area contributed by atoms with Crippen LogP contribution in [-0.4, -0.2) is 60.7 Å². The van der Waals surface area contributed by atoms with E-state index in [1.807, 2.05) is 11.4 Å². The molecule has 4 rings (SSSR count). The molecule has 2 aliphatic rings. The molecule has 1 amide bonds. The van der Waals surface area contributed by atoms with Crippen molar-refractivity contribution in [3.63, 3.8) is 0 Å². The second-order valence-corrected chi connectivity index (χ2v) is 7.61. The van der Waals surface area contributed by atoms with Gasteiger partial charge >= 0.3 is 5.97 Å². The number of aromatic nitrogens is 3. The summed E-state index contributed by atoms with van der Waals surface area (Å²) in [5.74, 6) is -1.05. The normalized spacial score (nSPS) is 21.1. The standard InChI is InChI=1S/C16H18N4O4S/c21-13(12-11(1-10-25-12)20-9-6-17-18-20)19-7-4-16(24,5-8-19)15(2-3-15)14(22)23/h1,6,9-10,24H,2-5,7-8H2,(H,22,23). The summed E-state index contributed by atoms with van der Waals surface area (Å²) in [6.07, 6.45) is 4.82. The van der Waals surface area contributed by atoms with Gasteiger partial charge in [-0.15, -0.1) is 16.4 Å². The zero-order chi connectivity index (χ0) is 17.7. The third kappa shape index (κ3) is 2.46. The van der Waals surface area contributed by atoms with Gasteiger partial charge in [0, 0.05) is 13.1 Å². The fraction of sp³-hybridized carbons (Fsp3) is 0.500. The number of carbonyl (C=O) groups is 2. The van der Waals surface area contributed by atoms with Crippen LogP contribution in [-0.2, 0) is 4.79 Å². The number of likely N-dealkylation sites (tertiary alicyclic amines) is 1. The fourth-order valence-electron chi connectivity index (χ4n) is 3.68. The quantitative estimate of drug-likeness (QED) is 0.845. The molecule has 2 aromatic heterocycles. The number of rotatable bonds is 4. The van der Waals surface area contributed by atoms with Crippen LogP contribution in [0.25, 0.3) is 5.69 Å². The number of piperidine rings is 1. The van der Waals surface area contributed by atoms with Gasteiger partial charge in [0.1, 0.15) is 4.88 Å². The molecule has 0 bridgehead atoms. The maximum Gasteiger partial charge on any atom is 0.312 e. The summed E-state index contributed by atoms with van der Waals surface area (Å²) in [4.78, 5) is 26.6. The molecule has 132 valence electrons. The molecule has 1 saturated heterocycles. The molecule has 0 aromatic carbocycles. The Bertz CT molecular complexity index is 804. The highest BCUT2D eigenvalue weighted by Crippen LogP contribution is 2.57. The number of aliphatic carboxylic acids is 1. The van der Waals surface area contributed by atoms with Crippen molar-refractivity contribution in [3.8, 4) is 5.69 Å². The van der Waals surface area contributed by atoms with Gasteiger partial charge in [-0.1, -0.05) is 5.21 Å². The van der Waals surface area contributed by atoms with Crippen molar-refractivity contribution < 1.29 is 19.8 Å². The predicted octanol–water partition coefficient (Wildman–Crippen LogP) is 1.16. The summed E-state index contributed by atoms with van der Waals surface area (Å²) in [6, 6.07) is 1.82. The van der Waals surface area contributed by atoms with Crippen LogP contribution >= 0.6 is 11.3 Å². The van der Waals surface area contributed by atoms with Gasteiger partial charge in [-0.25, -0.2) is 4.68 Å². The second-order valence-electron chi connectivity index (χ2n) is 6.69. The van der Waals surface area contributed by atoms with Gasteiger partial charge in [0.2, 0.25) is 0 Å². The average Bonchev–Trinajstić information content (AvgIpc) is 3.04. The second kappa shape index (κ2) is 5.63. The third-order valence-electron chi connectivity index (χ3n) is 5.44. The van der Waals surface area contributed by atoms with Crippen molar-refractivity contribution in [1.82, 2.24) is 19.9 Å². The largest absolute Gasteiger partial charge is 0.481 e. The van der Waals surface area contributed by atoms with E-state index in [4.69, 9.17) is 0 Å². The zero-order valence-corrected chi connectivity index (χ0v) is 14.3. The molecule has 25 heavy (non-hydrogen) atoms. The number of hydrogen-bond donors (Lipinski definition) is 2. The van der Waals surface area contributed by atoms with Crippen molar-refractivity contribution in [2.24, 2.45) is 5.41 Å². The highest BCUT2D eigenvalue weighted by Gasteiger charge is 2.64. The molecule has 0 atom stereocenters. The van der Waals surface area contributed by atoms with Crippen molar-refractivity contribution in [3.05, 3.63) is 28.7 Å². The third-order valence-corrected chi connectivity index (χ3v) is 6.33. The minimum atomic E-state index is -1.22. The Labute approximate surface area is 147 Å². The van der Waals surface area contributed by atoms with E-state index in [0.717, 1.165) is 0 Å². The maximum atomic E-state index is 12.9. The summed E-state index contributed by atoms with van der Waals surface area (Å²) >= 11 is 1.34. The molecule has 1 aliphatic carbocycles. The van der Waals surface area contributed by atoms with E-state index in [9.17, 15) is 19.8 Å². The number of aliphatic hydroxyl groups is 1. The van der Waals surface area contributed by atoms with Crippen molar-refractivity contribution in [1.29, 1.82) is 0 Å². The lowest BCUT2D eigenvalue weighted by Crippen LogP contribution is -2.53. The van der Waals surface area contributed by atoms with Crippen LogP contribution in [0.15, 0.2) is 23.8 Å². The van der Waals surface area contributed by atoms with Crippen molar-refractivity contribution in [2.75, 3.05) is 13.1 Å². The summed E-state index contributed by atoms with van der Waals surface area (Å²) < 4.78 is 1.55. The fourth-order valence-corrected chi connectivity index (χ4v) is 4.53. The molecule has 1 aliphatic heterocycles. The summed E-state index contributed by atoms with van der Waals surface area (Å²) in [6.45, 7) is 0.693. The van der Waals surface area contributed by atoms with Crippen LogP contribution in [0.1, 0.15) is 35.4 Å². The Morgan fingerprint density at radius 2 is 1.92 bits per heavy atom. The van der Waals surface area contributed by atoms with Gasteiger partial charge in [-0.2, -0.15) is 0 Å². The van der Waals surface area contributed by atoms with Crippen molar-refractivity contribution in [2.45, 2.75) is 31.3 Å².